The SMILES string of the molecule is CC(C)(C)OC(=O)N1CCC[C@H]1C(=O)N[C@@H](Cc1cn(C(c2ccccc2)(c2ccccc2)c2ccccc2)cn1)C(=O)NCCCCNC(=O)[C@H](Cc1cn(C(c2ccccc2)(c2ccccc2)c2ccccc2)cn1)NC(=O)[C@@H]1CCCN1C(=O)OC(C)(C)C. The summed E-state index contributed by atoms with van der Waals surface area (Å²) in [5.41, 5.74) is 3.67. The molecule has 18 heteroatoms. The van der Waals surface area contributed by atoms with E-state index < -0.39 is 82.3 Å². The molecule has 2 aliphatic rings. The first-order valence-corrected chi connectivity index (χ1v) is 31.9. The monoisotopic (exact) mass is 1240 g/mol. The number of rotatable bonds is 23. The van der Waals surface area contributed by atoms with Crippen LogP contribution in [-0.4, -0.2) is 126 Å². The second kappa shape index (κ2) is 29.0. The first kappa shape index (κ1) is 65.1. The average molecular weight is 1240 g/mol. The number of ether oxygens (including phenoxy) is 2. The molecule has 0 saturated carbocycles. The van der Waals surface area contributed by atoms with Gasteiger partial charge in [0, 0.05) is 51.4 Å². The number of imidazole rings is 2. The standard InChI is InChI=1S/C74H84N10O8/c1-71(2,3)91-69(89)83-45-27-41-63(83)67(87)79-61(47-59-49-81(51-77-59)73(53-29-13-7-14-30-53,54-31-15-8-16-32-54)55-33-17-9-18-34-55)65(85)75-43-25-26-44-76-66(86)62(80-68(88)64-42-28-46-84(64)70(90)92-72(4,5)6)48-60-50-82(52-78-60)74(56-35-19-10-20-36-56,57-37-21-11-22-38-57)58-39-23-12-24-40-58/h7-24,29-40,49-52,61-64H,25-28,41-48H2,1-6H3,(H,75,85)(H,76,86)(H,79,87)(H,80,88)/t61-,62-,63-,64-/m0/s1. The van der Waals surface area contributed by atoms with Crippen molar-refractivity contribution in [2.75, 3.05) is 26.2 Å². The summed E-state index contributed by atoms with van der Waals surface area (Å²) in [5, 5.41) is 12.1. The van der Waals surface area contributed by atoms with Crippen molar-refractivity contribution in [1.82, 2.24) is 50.2 Å². The van der Waals surface area contributed by atoms with E-state index in [9.17, 15) is 28.8 Å². The van der Waals surface area contributed by atoms with Gasteiger partial charge in [0.2, 0.25) is 23.6 Å². The molecule has 0 spiro atoms. The fourth-order valence-electron chi connectivity index (χ4n) is 12.7. The van der Waals surface area contributed by atoms with Gasteiger partial charge in [0.25, 0.3) is 0 Å². The van der Waals surface area contributed by atoms with Crippen LogP contribution in [0.2, 0.25) is 0 Å². The maximum atomic E-state index is 14.6. The van der Waals surface area contributed by atoms with Crippen molar-refractivity contribution in [3.63, 3.8) is 0 Å². The van der Waals surface area contributed by atoms with Crippen LogP contribution >= 0.6 is 0 Å². The van der Waals surface area contributed by atoms with Crippen LogP contribution in [0.5, 0.6) is 0 Å². The summed E-state index contributed by atoms with van der Waals surface area (Å²) in [7, 11) is 0. The summed E-state index contributed by atoms with van der Waals surface area (Å²) >= 11 is 0. The Balaban J connectivity index is 0.868. The Hall–Kier alpha value is -9.84. The molecular formula is C74H84N10O8. The van der Waals surface area contributed by atoms with Crippen molar-refractivity contribution in [1.29, 1.82) is 0 Å². The third-order valence-electron chi connectivity index (χ3n) is 16.9. The van der Waals surface area contributed by atoms with Gasteiger partial charge in [-0.2, -0.15) is 0 Å². The zero-order chi connectivity index (χ0) is 64.9. The summed E-state index contributed by atoms with van der Waals surface area (Å²) in [6, 6.07) is 57.0. The first-order chi connectivity index (χ1) is 44.3. The van der Waals surface area contributed by atoms with E-state index >= 15 is 0 Å². The van der Waals surface area contributed by atoms with Crippen LogP contribution in [0.3, 0.4) is 0 Å². The summed E-state index contributed by atoms with van der Waals surface area (Å²) in [6.07, 6.45) is 9.01. The number of likely N-dealkylation sites (tertiary alicyclic amines) is 2. The lowest BCUT2D eigenvalue weighted by Crippen LogP contribution is -2.54. The molecule has 18 nitrogen and oxygen atoms in total. The van der Waals surface area contributed by atoms with Crippen molar-refractivity contribution in [3.05, 3.63) is 252 Å². The minimum Gasteiger partial charge on any atom is -0.444 e. The molecule has 2 aliphatic heterocycles. The largest absolute Gasteiger partial charge is 0.444 e. The molecule has 92 heavy (non-hydrogen) atoms. The van der Waals surface area contributed by atoms with Crippen LogP contribution in [0, 0.1) is 0 Å². The molecule has 2 fully saturated rings. The average Bonchev–Trinajstić information content (AvgIpc) is 1.24. The fourth-order valence-corrected chi connectivity index (χ4v) is 12.7. The minimum absolute atomic E-state index is 0.0156. The van der Waals surface area contributed by atoms with E-state index in [4.69, 9.17) is 19.4 Å². The Kier molecular flexibility index (Phi) is 20.5. The number of benzene rings is 6. The highest BCUT2D eigenvalue weighted by molar-refractivity contribution is 5.93. The third-order valence-corrected chi connectivity index (χ3v) is 16.9. The van der Waals surface area contributed by atoms with Crippen molar-refractivity contribution in [2.24, 2.45) is 0 Å². The molecule has 0 unspecified atom stereocenters. The molecule has 4 N–H and O–H groups in total. The number of aromatic nitrogens is 4. The zero-order valence-electron chi connectivity index (χ0n) is 53.4. The van der Waals surface area contributed by atoms with Gasteiger partial charge in [0.15, 0.2) is 0 Å². The summed E-state index contributed by atoms with van der Waals surface area (Å²) in [5.74, 6) is -1.87. The zero-order valence-corrected chi connectivity index (χ0v) is 53.4. The van der Waals surface area contributed by atoms with Crippen LogP contribution in [0.25, 0.3) is 0 Å². The first-order valence-electron chi connectivity index (χ1n) is 31.9. The summed E-state index contributed by atoms with van der Waals surface area (Å²) in [6.45, 7) is 11.7. The maximum absolute atomic E-state index is 14.6. The van der Waals surface area contributed by atoms with E-state index in [2.05, 4.69) is 103 Å². The Morgan fingerprint density at radius 1 is 0.446 bits per heavy atom. The third kappa shape index (κ3) is 15.0. The summed E-state index contributed by atoms with van der Waals surface area (Å²) in [4.78, 5) is 97.6. The van der Waals surface area contributed by atoms with Gasteiger partial charge >= 0.3 is 12.2 Å². The van der Waals surface area contributed by atoms with Gasteiger partial charge in [-0.1, -0.05) is 182 Å². The molecule has 4 heterocycles. The van der Waals surface area contributed by atoms with Crippen LogP contribution in [0.1, 0.15) is 125 Å². The van der Waals surface area contributed by atoms with Crippen molar-refractivity contribution >= 4 is 35.8 Å². The minimum atomic E-state index is -1.11. The molecular weight excluding hydrogens is 1160 g/mol. The molecule has 6 aromatic carbocycles. The number of carbonyl (C=O) groups excluding carboxylic acids is 6. The van der Waals surface area contributed by atoms with Gasteiger partial charge in [-0.05, 0) is 113 Å². The number of hydrogen-bond donors (Lipinski definition) is 4. The molecule has 0 aliphatic carbocycles. The van der Waals surface area contributed by atoms with Gasteiger partial charge < -0.3 is 39.9 Å². The van der Waals surface area contributed by atoms with Crippen molar-refractivity contribution in [2.45, 2.75) is 139 Å². The van der Waals surface area contributed by atoms with Gasteiger partial charge in [-0.15, -0.1) is 0 Å². The number of unbranched alkanes of at least 4 members (excludes halogenated alkanes) is 1. The quantitative estimate of drug-likeness (QED) is 0.0352. The van der Waals surface area contributed by atoms with E-state index in [0.717, 1.165) is 33.4 Å². The second-order valence-corrected chi connectivity index (χ2v) is 25.6. The predicted molar refractivity (Wildman–Crippen MR) is 352 cm³/mol. The van der Waals surface area contributed by atoms with Crippen LogP contribution < -0.4 is 21.3 Å². The molecule has 2 aromatic heterocycles. The van der Waals surface area contributed by atoms with Crippen molar-refractivity contribution < 1.29 is 38.2 Å². The smallest absolute Gasteiger partial charge is 0.410 e. The number of hydrogen-bond acceptors (Lipinski definition) is 10. The Bertz CT molecular complexity index is 3320. The molecule has 4 atom stereocenters. The molecule has 8 aromatic rings. The molecule has 478 valence electrons. The highest BCUT2D eigenvalue weighted by Gasteiger charge is 2.43. The Morgan fingerprint density at radius 2 is 0.728 bits per heavy atom. The van der Waals surface area contributed by atoms with E-state index in [1.165, 1.54) is 9.80 Å². The van der Waals surface area contributed by atoms with Gasteiger partial charge in [-0.3, -0.25) is 29.0 Å². The summed E-state index contributed by atoms with van der Waals surface area (Å²) < 4.78 is 15.5. The predicted octanol–water partition coefficient (Wildman–Crippen LogP) is 10.3. The lowest BCUT2D eigenvalue weighted by Gasteiger charge is -2.37. The topological polar surface area (TPSA) is 211 Å². The van der Waals surface area contributed by atoms with Gasteiger partial charge in [0.05, 0.1) is 24.0 Å². The van der Waals surface area contributed by atoms with E-state index in [0.29, 0.717) is 63.0 Å². The highest BCUT2D eigenvalue weighted by atomic mass is 16.6. The Morgan fingerprint density at radius 3 is 1.00 bits per heavy atom. The number of nitrogens with zero attached hydrogens (tertiary/aromatic N) is 6. The maximum Gasteiger partial charge on any atom is 0.410 e. The van der Waals surface area contributed by atoms with Crippen LogP contribution in [0.15, 0.2) is 207 Å². The van der Waals surface area contributed by atoms with Gasteiger partial charge in [0.1, 0.15) is 46.4 Å². The van der Waals surface area contributed by atoms with Gasteiger partial charge in [-0.25, -0.2) is 19.6 Å². The fraction of sp³-hybridized carbons (Fsp3) is 0.351. The van der Waals surface area contributed by atoms with E-state index in [1.54, 1.807) is 54.2 Å². The van der Waals surface area contributed by atoms with Crippen molar-refractivity contribution in [3.8, 4) is 0 Å². The number of carbonyl (C=O) groups is 6. The lowest BCUT2D eigenvalue weighted by atomic mass is 9.77. The number of nitrogens with one attached hydrogen (secondary N) is 4. The lowest BCUT2D eigenvalue weighted by molar-refractivity contribution is -0.131. The second-order valence-electron chi connectivity index (χ2n) is 25.6. The molecule has 10 rings (SSSR count). The molecule has 6 amide bonds. The molecule has 2 saturated heterocycles. The van der Waals surface area contributed by atoms with E-state index in [1.807, 2.05) is 122 Å². The normalized spacial score (nSPS) is 15.8. The number of amides is 6. The molecule has 0 bridgehead atoms. The highest BCUT2D eigenvalue weighted by Crippen LogP contribution is 2.43. The molecule has 0 radical (unpaired) electrons. The van der Waals surface area contributed by atoms with Crippen LogP contribution in [-0.2, 0) is 52.6 Å². The Labute approximate surface area is 539 Å². The van der Waals surface area contributed by atoms with Crippen LogP contribution in [0.4, 0.5) is 9.59 Å². The van der Waals surface area contributed by atoms with E-state index in [-0.39, 0.29) is 25.9 Å².